The van der Waals surface area contributed by atoms with Crippen LogP contribution in [0.15, 0.2) is 36.7 Å². The van der Waals surface area contributed by atoms with Crippen LogP contribution in [-0.4, -0.2) is 59.8 Å². The van der Waals surface area contributed by atoms with Crippen molar-refractivity contribution in [3.05, 3.63) is 68.7 Å². The Bertz CT molecular complexity index is 1590. The molecule has 38 heavy (non-hydrogen) atoms. The number of rotatable bonds is 4. The maximum atomic E-state index is 13.5. The fourth-order valence-corrected chi connectivity index (χ4v) is 6.01. The molecule has 2 aromatic heterocycles. The first kappa shape index (κ1) is 23.6. The molecule has 0 aliphatic carbocycles. The molecule has 0 N–H and O–H groups in total. The summed E-state index contributed by atoms with van der Waals surface area (Å²) in [6, 6.07) is 5.59. The number of carbonyl (C=O) groups is 6. The second-order valence-corrected chi connectivity index (χ2v) is 9.98. The maximum absolute atomic E-state index is 13.5. The van der Waals surface area contributed by atoms with Crippen LogP contribution in [0, 0.1) is 0 Å². The molecule has 188 valence electrons. The zero-order valence-corrected chi connectivity index (χ0v) is 21.0. The van der Waals surface area contributed by atoms with Gasteiger partial charge in [0.25, 0.3) is 23.6 Å². The highest BCUT2D eigenvalue weighted by Gasteiger charge is 2.42. The number of esters is 2. The Balaban J connectivity index is 1.47. The van der Waals surface area contributed by atoms with Crippen molar-refractivity contribution in [2.24, 2.45) is 0 Å². The fourth-order valence-electron chi connectivity index (χ4n) is 4.35. The normalized spacial score (nSPS) is 14.4. The van der Waals surface area contributed by atoms with Crippen molar-refractivity contribution in [3.8, 4) is 0 Å². The highest BCUT2D eigenvalue weighted by molar-refractivity contribution is 7.18. The van der Waals surface area contributed by atoms with Gasteiger partial charge in [-0.25, -0.2) is 29.4 Å². The van der Waals surface area contributed by atoms with Crippen LogP contribution in [0.1, 0.15) is 60.8 Å². The first-order valence-corrected chi connectivity index (χ1v) is 12.4. The van der Waals surface area contributed by atoms with Crippen LogP contribution >= 0.6 is 22.7 Å². The minimum Gasteiger partial charge on any atom is -0.465 e. The van der Waals surface area contributed by atoms with Crippen molar-refractivity contribution in [2.45, 2.75) is 0 Å². The number of aromatic nitrogens is 2. The van der Waals surface area contributed by atoms with Crippen molar-refractivity contribution in [3.63, 3.8) is 0 Å². The molecule has 2 aliphatic rings. The number of amides is 4. The summed E-state index contributed by atoms with van der Waals surface area (Å²) < 4.78 is 9.33. The lowest BCUT2D eigenvalue weighted by Crippen LogP contribution is -2.43. The summed E-state index contributed by atoms with van der Waals surface area (Å²) in [5, 5.41) is 0.296. The van der Waals surface area contributed by atoms with Crippen LogP contribution < -0.4 is 9.80 Å². The third-order valence-corrected chi connectivity index (χ3v) is 7.96. The molecule has 0 saturated heterocycles. The van der Waals surface area contributed by atoms with Gasteiger partial charge in [0.1, 0.15) is 9.75 Å². The number of methoxy groups -OCH3 is 2. The number of carbonyl (C=O) groups excluding carboxylic acids is 6. The number of thiazole rings is 2. The van der Waals surface area contributed by atoms with E-state index >= 15 is 0 Å². The van der Waals surface area contributed by atoms with Crippen LogP contribution in [0.5, 0.6) is 0 Å². The predicted octanol–water partition coefficient (Wildman–Crippen LogP) is 2.93. The van der Waals surface area contributed by atoms with Gasteiger partial charge in [-0.2, -0.15) is 0 Å². The van der Waals surface area contributed by atoms with Gasteiger partial charge in [-0.05, 0) is 24.3 Å². The third kappa shape index (κ3) is 3.13. The first-order chi connectivity index (χ1) is 18.3. The van der Waals surface area contributed by atoms with E-state index in [-0.39, 0.29) is 53.0 Å². The van der Waals surface area contributed by atoms with Gasteiger partial charge < -0.3 is 9.47 Å². The van der Waals surface area contributed by atoms with Crippen LogP contribution in [0.3, 0.4) is 0 Å². The number of nitrogens with zero attached hydrogens (tertiary/aromatic N) is 4. The maximum Gasteiger partial charge on any atom is 0.349 e. The monoisotopic (exact) mass is 548 g/mol. The standard InChI is InChI=1S/C24H12N4O8S2/c1-35-21(33)13-7-25-23(37-13)27-17(29)9-3-5-11-16-12(6-4-10(15(9)16)18(27)30)20(32)28(19(11)31)24-26-8-14(38-24)22(34)36-2/h3-8H,1-2H3. The zero-order valence-electron chi connectivity index (χ0n) is 19.3. The van der Waals surface area contributed by atoms with Crippen molar-refractivity contribution >= 4 is 79.3 Å². The van der Waals surface area contributed by atoms with Gasteiger partial charge in [0.15, 0.2) is 10.3 Å². The number of benzene rings is 2. The molecule has 0 saturated carbocycles. The van der Waals surface area contributed by atoms with E-state index in [1.807, 2.05) is 0 Å². The topological polar surface area (TPSA) is 153 Å². The molecule has 14 heteroatoms. The predicted molar refractivity (Wildman–Crippen MR) is 133 cm³/mol. The molecular weight excluding hydrogens is 536 g/mol. The lowest BCUT2D eigenvalue weighted by Gasteiger charge is -2.30. The second kappa shape index (κ2) is 8.36. The summed E-state index contributed by atoms with van der Waals surface area (Å²) in [6.45, 7) is 0. The third-order valence-electron chi connectivity index (χ3n) is 6.04. The number of hydrogen-bond acceptors (Lipinski definition) is 12. The minimum atomic E-state index is -0.720. The Kier molecular flexibility index (Phi) is 5.18. The van der Waals surface area contributed by atoms with Crippen molar-refractivity contribution in [1.29, 1.82) is 0 Å². The highest BCUT2D eigenvalue weighted by Crippen LogP contribution is 2.41. The number of hydrogen-bond donors (Lipinski definition) is 0. The van der Waals surface area contributed by atoms with Gasteiger partial charge in [-0.3, -0.25) is 19.2 Å². The van der Waals surface area contributed by atoms with Crippen LogP contribution in [0.4, 0.5) is 10.3 Å². The van der Waals surface area contributed by atoms with E-state index < -0.39 is 35.6 Å². The minimum absolute atomic E-state index is 0.0250. The summed E-state index contributed by atoms with van der Waals surface area (Å²) in [6.07, 6.45) is 2.41. The molecule has 0 spiro atoms. The van der Waals surface area contributed by atoms with Gasteiger partial charge >= 0.3 is 11.9 Å². The largest absolute Gasteiger partial charge is 0.465 e. The van der Waals surface area contributed by atoms with E-state index in [9.17, 15) is 28.8 Å². The van der Waals surface area contributed by atoms with E-state index in [1.54, 1.807) is 0 Å². The second-order valence-electron chi connectivity index (χ2n) is 7.96. The van der Waals surface area contributed by atoms with E-state index in [4.69, 9.17) is 0 Å². The van der Waals surface area contributed by atoms with Crippen molar-refractivity contribution in [1.82, 2.24) is 9.97 Å². The lowest BCUT2D eigenvalue weighted by molar-refractivity contribution is 0.0597. The summed E-state index contributed by atoms with van der Waals surface area (Å²) in [4.78, 5) is 87.5. The molecule has 12 nitrogen and oxygen atoms in total. The first-order valence-electron chi connectivity index (χ1n) is 10.7. The molecule has 6 rings (SSSR count). The Morgan fingerprint density at radius 1 is 0.632 bits per heavy atom. The quantitative estimate of drug-likeness (QED) is 0.275. The Hall–Kier alpha value is -4.82. The molecule has 2 aromatic carbocycles. The summed E-state index contributed by atoms with van der Waals surface area (Å²) in [5.74, 6) is -4.21. The van der Waals surface area contributed by atoms with Crippen LogP contribution in [0.2, 0.25) is 0 Å². The molecule has 0 unspecified atom stereocenters. The van der Waals surface area contributed by atoms with E-state index in [2.05, 4.69) is 19.4 Å². The molecule has 0 fully saturated rings. The summed E-state index contributed by atoms with van der Waals surface area (Å²) in [5.41, 5.74) is 0.357. The average Bonchev–Trinajstić information content (AvgIpc) is 3.60. The van der Waals surface area contributed by atoms with Crippen LogP contribution in [-0.2, 0) is 9.47 Å². The number of imide groups is 2. The van der Waals surface area contributed by atoms with Crippen LogP contribution in [0.25, 0.3) is 10.8 Å². The molecule has 0 atom stereocenters. The Labute approximate surface area is 220 Å². The van der Waals surface area contributed by atoms with Gasteiger partial charge in [-0.15, -0.1) is 0 Å². The smallest absolute Gasteiger partial charge is 0.349 e. The van der Waals surface area contributed by atoms with Gasteiger partial charge in [-0.1, -0.05) is 22.7 Å². The van der Waals surface area contributed by atoms with Gasteiger partial charge in [0.2, 0.25) is 0 Å². The Morgan fingerprint density at radius 3 is 1.24 bits per heavy atom. The molecule has 4 amide bonds. The number of anilines is 2. The number of ether oxygens (including phenoxy) is 2. The van der Waals surface area contributed by atoms with Crippen molar-refractivity contribution < 1.29 is 38.2 Å². The van der Waals surface area contributed by atoms with Gasteiger partial charge in [0, 0.05) is 33.0 Å². The zero-order chi connectivity index (χ0) is 26.9. The molecule has 4 aromatic rings. The summed E-state index contributed by atoms with van der Waals surface area (Å²) in [7, 11) is 2.40. The average molecular weight is 549 g/mol. The van der Waals surface area contributed by atoms with E-state index in [0.29, 0.717) is 0 Å². The molecule has 2 aliphatic heterocycles. The summed E-state index contributed by atoms with van der Waals surface area (Å²) >= 11 is 1.63. The highest BCUT2D eigenvalue weighted by atomic mass is 32.1. The lowest BCUT2D eigenvalue weighted by atomic mass is 9.86. The molecule has 4 heterocycles. The van der Waals surface area contributed by atoms with Gasteiger partial charge in [0.05, 0.1) is 26.6 Å². The Morgan fingerprint density at radius 2 is 0.947 bits per heavy atom. The molecule has 0 bridgehead atoms. The molecule has 0 radical (unpaired) electrons. The van der Waals surface area contributed by atoms with E-state index in [1.165, 1.54) is 50.9 Å². The SMILES string of the molecule is COC(=O)c1cnc(N2C(=O)c3ccc4c5c(ccc(c35)C2=O)C(=O)N(c2ncc(C(=O)OC)s2)C4=O)s1. The van der Waals surface area contributed by atoms with E-state index in [0.717, 1.165) is 32.5 Å². The molecular formula is C24H12N4O8S2. The fraction of sp³-hybridized carbons (Fsp3) is 0.0833. The van der Waals surface area contributed by atoms with Crippen molar-refractivity contribution in [2.75, 3.05) is 24.0 Å².